The summed E-state index contributed by atoms with van der Waals surface area (Å²) in [6.07, 6.45) is -0.185. The van der Waals surface area contributed by atoms with Crippen molar-refractivity contribution in [1.29, 1.82) is 0 Å². The van der Waals surface area contributed by atoms with E-state index in [0.717, 1.165) is 22.1 Å². The quantitative estimate of drug-likeness (QED) is 0.396. The Balaban J connectivity index is 1.71. The lowest BCUT2D eigenvalue weighted by Crippen LogP contribution is -2.13. The maximum absolute atomic E-state index is 13.5. The average molecular weight is 405 g/mol. The fraction of sp³-hybridized carbons (Fsp3) is 0.0526. The lowest BCUT2D eigenvalue weighted by molar-refractivity contribution is -0.142. The van der Waals surface area contributed by atoms with E-state index in [9.17, 15) is 17.6 Å². The minimum absolute atomic E-state index is 0.0595. The van der Waals surface area contributed by atoms with E-state index < -0.39 is 17.7 Å². The van der Waals surface area contributed by atoms with Crippen LogP contribution in [0.15, 0.2) is 58.5 Å². The molecule has 28 heavy (non-hydrogen) atoms. The monoisotopic (exact) mass is 405 g/mol. The Morgan fingerprint density at radius 1 is 1.07 bits per heavy atom. The number of hydrogen-bond acceptors (Lipinski definition) is 4. The Bertz CT molecular complexity index is 1110. The van der Waals surface area contributed by atoms with Crippen molar-refractivity contribution in [2.75, 3.05) is 0 Å². The molecule has 3 aromatic heterocycles. The van der Waals surface area contributed by atoms with Gasteiger partial charge in [0.05, 0.1) is 17.7 Å². The predicted molar refractivity (Wildman–Crippen MR) is 97.3 cm³/mol. The number of furan rings is 1. The van der Waals surface area contributed by atoms with E-state index in [-0.39, 0.29) is 10.8 Å². The van der Waals surface area contributed by atoms with Gasteiger partial charge in [0, 0.05) is 10.9 Å². The molecule has 0 atom stereocenters. The van der Waals surface area contributed by atoms with Gasteiger partial charge in [0.1, 0.15) is 11.6 Å². The van der Waals surface area contributed by atoms with Crippen LogP contribution in [0.1, 0.15) is 17.1 Å². The molecule has 0 bridgehead atoms. The zero-order chi connectivity index (χ0) is 19.7. The Morgan fingerprint density at radius 3 is 2.54 bits per heavy atom. The van der Waals surface area contributed by atoms with Crippen LogP contribution in [0.25, 0.3) is 28.5 Å². The number of nitrogens with zero attached hydrogens (tertiary/aromatic N) is 3. The topological polar surface area (TPSA) is 43.9 Å². The third kappa shape index (κ3) is 3.74. The van der Waals surface area contributed by atoms with Gasteiger partial charge in [-0.15, -0.1) is 11.3 Å². The van der Waals surface area contributed by atoms with Crippen LogP contribution in [0.2, 0.25) is 0 Å². The van der Waals surface area contributed by atoms with Crippen LogP contribution in [-0.4, -0.2) is 14.8 Å². The van der Waals surface area contributed by atoms with E-state index >= 15 is 0 Å². The molecule has 142 valence electrons. The van der Waals surface area contributed by atoms with Gasteiger partial charge in [-0.2, -0.15) is 18.3 Å². The fourth-order valence-electron chi connectivity index (χ4n) is 2.50. The Morgan fingerprint density at radius 2 is 1.86 bits per heavy atom. The zero-order valence-electron chi connectivity index (χ0n) is 14.0. The molecule has 4 aromatic rings. The van der Waals surface area contributed by atoms with Gasteiger partial charge < -0.3 is 4.42 Å². The van der Waals surface area contributed by atoms with Crippen LogP contribution in [0, 0.1) is 5.82 Å². The van der Waals surface area contributed by atoms with Crippen LogP contribution in [0.5, 0.6) is 0 Å². The third-order valence-electron chi connectivity index (χ3n) is 3.79. The fourth-order valence-corrected chi connectivity index (χ4v) is 3.29. The Labute approximate surface area is 160 Å². The number of thiazole rings is 1. The Kier molecular flexibility index (Phi) is 4.60. The standard InChI is InChI=1S/C19H11F4N3OS/c20-13-5-3-12(4-6-13)16-11-28-18(24-16)26-17(19(21,22)23)10-14(25-26)7-8-15-2-1-9-27-15/h1-11H. The second kappa shape index (κ2) is 7.08. The van der Waals surface area contributed by atoms with E-state index in [1.807, 2.05) is 0 Å². The summed E-state index contributed by atoms with van der Waals surface area (Å²) >= 11 is 1.01. The average Bonchev–Trinajstić information content (AvgIpc) is 3.39. The molecule has 0 fully saturated rings. The van der Waals surface area contributed by atoms with Crippen molar-refractivity contribution in [3.8, 4) is 16.4 Å². The summed E-state index contributed by atoms with van der Waals surface area (Å²) in [6, 6.07) is 9.85. The van der Waals surface area contributed by atoms with E-state index in [1.54, 1.807) is 17.5 Å². The van der Waals surface area contributed by atoms with Crippen LogP contribution in [-0.2, 0) is 6.18 Å². The van der Waals surface area contributed by atoms with Crippen molar-refractivity contribution in [3.05, 3.63) is 77.1 Å². The molecule has 1 aromatic carbocycles. The van der Waals surface area contributed by atoms with Gasteiger partial charge in [0.15, 0.2) is 5.69 Å². The highest BCUT2D eigenvalue weighted by molar-refractivity contribution is 7.12. The number of rotatable bonds is 4. The summed E-state index contributed by atoms with van der Waals surface area (Å²) in [5.74, 6) is 0.0922. The minimum atomic E-state index is -4.61. The summed E-state index contributed by atoms with van der Waals surface area (Å²) < 4.78 is 59.4. The first kappa shape index (κ1) is 18.2. The smallest absolute Gasteiger partial charge is 0.433 e. The highest BCUT2D eigenvalue weighted by atomic mass is 32.1. The number of benzene rings is 1. The molecule has 0 amide bonds. The summed E-state index contributed by atoms with van der Waals surface area (Å²) in [5.41, 5.74) is 0.215. The summed E-state index contributed by atoms with van der Waals surface area (Å²) in [6.45, 7) is 0. The second-order valence-electron chi connectivity index (χ2n) is 5.73. The van der Waals surface area contributed by atoms with Gasteiger partial charge >= 0.3 is 6.18 Å². The molecule has 3 heterocycles. The molecule has 0 saturated heterocycles. The second-order valence-corrected chi connectivity index (χ2v) is 6.57. The van der Waals surface area contributed by atoms with Crippen LogP contribution in [0.3, 0.4) is 0 Å². The lowest BCUT2D eigenvalue weighted by atomic mass is 10.2. The maximum Gasteiger partial charge on any atom is 0.433 e. The lowest BCUT2D eigenvalue weighted by Gasteiger charge is -2.07. The normalized spacial score (nSPS) is 12.1. The van der Waals surface area contributed by atoms with Gasteiger partial charge in [-0.1, -0.05) is 0 Å². The van der Waals surface area contributed by atoms with Gasteiger partial charge in [-0.05, 0) is 54.6 Å². The zero-order valence-corrected chi connectivity index (χ0v) is 14.8. The molecule has 0 saturated carbocycles. The van der Waals surface area contributed by atoms with Crippen molar-refractivity contribution < 1.29 is 22.0 Å². The van der Waals surface area contributed by atoms with Crippen LogP contribution in [0.4, 0.5) is 17.6 Å². The van der Waals surface area contributed by atoms with Gasteiger partial charge in [-0.3, -0.25) is 0 Å². The van der Waals surface area contributed by atoms with Crippen molar-refractivity contribution in [3.63, 3.8) is 0 Å². The largest absolute Gasteiger partial charge is 0.465 e. The Hall–Kier alpha value is -3.20. The predicted octanol–water partition coefficient (Wildman–Crippen LogP) is 5.92. The number of halogens is 4. The first-order chi connectivity index (χ1) is 13.4. The van der Waals surface area contributed by atoms with Gasteiger partial charge in [0.25, 0.3) is 0 Å². The van der Waals surface area contributed by atoms with E-state index in [0.29, 0.717) is 17.0 Å². The van der Waals surface area contributed by atoms with Crippen LogP contribution < -0.4 is 0 Å². The van der Waals surface area contributed by atoms with Gasteiger partial charge in [-0.25, -0.2) is 14.1 Å². The highest BCUT2D eigenvalue weighted by Crippen LogP contribution is 2.33. The third-order valence-corrected chi connectivity index (χ3v) is 4.61. The summed E-state index contributed by atoms with van der Waals surface area (Å²) in [5, 5.41) is 5.68. The number of alkyl halides is 3. The number of hydrogen-bond donors (Lipinski definition) is 0. The SMILES string of the molecule is Fc1ccc(-c2csc(-n3nc(C=Cc4ccco4)cc3C(F)(F)F)n2)cc1. The van der Waals surface area contributed by atoms with Crippen molar-refractivity contribution in [2.45, 2.75) is 6.18 Å². The van der Waals surface area contributed by atoms with E-state index in [4.69, 9.17) is 4.42 Å². The molecule has 9 heteroatoms. The highest BCUT2D eigenvalue weighted by Gasteiger charge is 2.36. The molecule has 4 rings (SSSR count). The molecule has 0 unspecified atom stereocenters. The molecule has 0 radical (unpaired) electrons. The van der Waals surface area contributed by atoms with Crippen molar-refractivity contribution in [1.82, 2.24) is 14.8 Å². The first-order valence-corrected chi connectivity index (χ1v) is 8.89. The summed E-state index contributed by atoms with van der Waals surface area (Å²) in [4.78, 5) is 4.23. The molecule has 0 spiro atoms. The summed E-state index contributed by atoms with van der Waals surface area (Å²) in [7, 11) is 0. The maximum atomic E-state index is 13.5. The van der Waals surface area contributed by atoms with Crippen LogP contribution >= 0.6 is 11.3 Å². The molecule has 0 aliphatic heterocycles. The van der Waals surface area contributed by atoms with E-state index in [2.05, 4.69) is 10.1 Å². The molecular weight excluding hydrogens is 394 g/mol. The van der Waals surface area contributed by atoms with Crippen molar-refractivity contribution >= 4 is 23.5 Å². The van der Waals surface area contributed by atoms with E-state index in [1.165, 1.54) is 42.7 Å². The first-order valence-electron chi connectivity index (χ1n) is 8.01. The molecule has 0 N–H and O–H groups in total. The minimum Gasteiger partial charge on any atom is -0.465 e. The van der Waals surface area contributed by atoms with Gasteiger partial charge in [0.2, 0.25) is 5.13 Å². The molecule has 4 nitrogen and oxygen atoms in total. The van der Waals surface area contributed by atoms with Crippen molar-refractivity contribution in [2.24, 2.45) is 0 Å². The molecule has 0 aliphatic rings. The molecular formula is C19H11F4N3OS. The molecule has 0 aliphatic carbocycles. The number of aromatic nitrogens is 3.